The molecule has 0 saturated heterocycles. The van der Waals surface area contributed by atoms with Crippen molar-refractivity contribution < 1.29 is 9.21 Å². The van der Waals surface area contributed by atoms with Gasteiger partial charge >= 0.3 is 0 Å². The SMILES string of the molecule is N#Cc1cc(-c2ccoc2)cn2c(Cl)c(C(=O)NCc3cccs3)nc12. The molecule has 0 aliphatic rings. The molecular weight excluding hydrogens is 372 g/mol. The Balaban J connectivity index is 1.74. The quantitative estimate of drug-likeness (QED) is 0.575. The summed E-state index contributed by atoms with van der Waals surface area (Å²) in [5.74, 6) is -0.388. The summed E-state index contributed by atoms with van der Waals surface area (Å²) in [6.45, 7) is 0.395. The Morgan fingerprint density at radius 3 is 3.00 bits per heavy atom. The molecule has 128 valence electrons. The Morgan fingerprint density at radius 1 is 1.42 bits per heavy atom. The first-order valence-electron chi connectivity index (χ1n) is 7.62. The van der Waals surface area contributed by atoms with Crippen molar-refractivity contribution in [3.8, 4) is 17.2 Å². The molecule has 0 radical (unpaired) electrons. The highest BCUT2D eigenvalue weighted by atomic mass is 35.5. The average molecular weight is 383 g/mol. The number of nitriles is 1. The molecule has 4 rings (SSSR count). The number of nitrogens with zero attached hydrogens (tertiary/aromatic N) is 3. The summed E-state index contributed by atoms with van der Waals surface area (Å²) in [6, 6.07) is 9.42. The number of thiophene rings is 1. The molecule has 0 aliphatic carbocycles. The maximum Gasteiger partial charge on any atom is 0.273 e. The van der Waals surface area contributed by atoms with E-state index in [9.17, 15) is 10.1 Å². The molecule has 6 nitrogen and oxygen atoms in total. The van der Waals surface area contributed by atoms with Crippen LogP contribution < -0.4 is 5.32 Å². The van der Waals surface area contributed by atoms with Crippen molar-refractivity contribution in [2.24, 2.45) is 0 Å². The summed E-state index contributed by atoms with van der Waals surface area (Å²) in [7, 11) is 0. The highest BCUT2D eigenvalue weighted by molar-refractivity contribution is 7.09. The monoisotopic (exact) mass is 382 g/mol. The summed E-state index contributed by atoms with van der Waals surface area (Å²) in [4.78, 5) is 17.8. The van der Waals surface area contributed by atoms with Crippen LogP contribution in [0, 0.1) is 11.3 Å². The van der Waals surface area contributed by atoms with E-state index in [1.54, 1.807) is 46.6 Å². The number of carbonyl (C=O) groups is 1. The van der Waals surface area contributed by atoms with Gasteiger partial charge in [-0.15, -0.1) is 11.3 Å². The van der Waals surface area contributed by atoms with Gasteiger partial charge in [-0.1, -0.05) is 17.7 Å². The second kappa shape index (κ2) is 6.67. The number of amides is 1. The molecule has 4 heterocycles. The van der Waals surface area contributed by atoms with Crippen LogP contribution in [-0.4, -0.2) is 15.3 Å². The second-order valence-corrected chi connectivity index (χ2v) is 6.86. The van der Waals surface area contributed by atoms with Gasteiger partial charge in [0.15, 0.2) is 11.3 Å². The lowest BCUT2D eigenvalue weighted by atomic mass is 10.1. The Labute approximate surface area is 157 Å². The normalized spacial score (nSPS) is 10.8. The molecule has 1 amide bonds. The number of halogens is 1. The predicted molar refractivity (Wildman–Crippen MR) is 98.1 cm³/mol. The molecule has 0 saturated carbocycles. The first-order chi connectivity index (χ1) is 12.7. The van der Waals surface area contributed by atoms with Crippen LogP contribution in [0.4, 0.5) is 0 Å². The molecule has 0 fully saturated rings. The first kappa shape index (κ1) is 16.4. The minimum Gasteiger partial charge on any atom is -0.472 e. The van der Waals surface area contributed by atoms with E-state index in [4.69, 9.17) is 16.0 Å². The van der Waals surface area contributed by atoms with Gasteiger partial charge in [0, 0.05) is 22.2 Å². The third-order valence-electron chi connectivity index (χ3n) is 3.86. The van der Waals surface area contributed by atoms with E-state index in [1.165, 1.54) is 0 Å². The zero-order valence-corrected chi connectivity index (χ0v) is 14.8. The molecular formula is C18H11ClN4O2S. The third-order valence-corrected chi connectivity index (χ3v) is 5.09. The zero-order valence-electron chi connectivity index (χ0n) is 13.3. The number of imidazole rings is 1. The fourth-order valence-corrected chi connectivity index (χ4v) is 3.50. The fourth-order valence-electron chi connectivity index (χ4n) is 2.59. The second-order valence-electron chi connectivity index (χ2n) is 5.47. The minimum atomic E-state index is -0.388. The number of carbonyl (C=O) groups excluding carboxylic acids is 1. The van der Waals surface area contributed by atoms with Gasteiger partial charge in [0.25, 0.3) is 5.91 Å². The molecule has 0 bridgehead atoms. The van der Waals surface area contributed by atoms with E-state index < -0.39 is 0 Å². The molecule has 26 heavy (non-hydrogen) atoms. The number of furan rings is 1. The van der Waals surface area contributed by atoms with Gasteiger partial charge in [-0.05, 0) is 23.6 Å². The first-order valence-corrected chi connectivity index (χ1v) is 8.88. The summed E-state index contributed by atoms with van der Waals surface area (Å²) < 4.78 is 6.64. The largest absolute Gasteiger partial charge is 0.472 e. The van der Waals surface area contributed by atoms with Crippen molar-refractivity contribution in [1.82, 2.24) is 14.7 Å². The maximum absolute atomic E-state index is 12.5. The number of rotatable bonds is 4. The standard InChI is InChI=1S/C18H11ClN4O2S/c19-16-15(18(24)21-8-14-2-1-5-26-14)22-17-12(7-20)6-13(9-23(16)17)11-3-4-25-10-11/h1-6,9-10H,8H2,(H,21,24). The highest BCUT2D eigenvalue weighted by Crippen LogP contribution is 2.27. The summed E-state index contributed by atoms with van der Waals surface area (Å²) in [5.41, 5.74) is 2.29. The Morgan fingerprint density at radius 2 is 2.31 bits per heavy atom. The van der Waals surface area contributed by atoms with Crippen LogP contribution in [0.3, 0.4) is 0 Å². The average Bonchev–Trinajstić information content (AvgIpc) is 3.40. The lowest BCUT2D eigenvalue weighted by molar-refractivity contribution is 0.0947. The fraction of sp³-hybridized carbons (Fsp3) is 0.0556. The zero-order chi connectivity index (χ0) is 18.1. The minimum absolute atomic E-state index is 0.0871. The molecule has 4 aromatic rings. The van der Waals surface area contributed by atoms with E-state index in [0.717, 1.165) is 16.0 Å². The number of nitrogens with one attached hydrogen (secondary N) is 1. The summed E-state index contributed by atoms with van der Waals surface area (Å²) in [5, 5.41) is 14.4. The van der Waals surface area contributed by atoms with Crippen molar-refractivity contribution >= 4 is 34.5 Å². The topological polar surface area (TPSA) is 83.3 Å². The van der Waals surface area contributed by atoms with Gasteiger partial charge in [-0.3, -0.25) is 9.20 Å². The lowest BCUT2D eigenvalue weighted by Crippen LogP contribution is -2.23. The molecule has 0 aliphatic heterocycles. The van der Waals surface area contributed by atoms with E-state index in [-0.39, 0.29) is 16.8 Å². The molecule has 0 atom stereocenters. The highest BCUT2D eigenvalue weighted by Gasteiger charge is 2.20. The number of pyridine rings is 1. The van der Waals surface area contributed by atoms with Crippen LogP contribution in [0.2, 0.25) is 5.15 Å². The smallest absolute Gasteiger partial charge is 0.273 e. The van der Waals surface area contributed by atoms with E-state index in [2.05, 4.69) is 16.4 Å². The number of fused-ring (bicyclic) bond motifs is 1. The van der Waals surface area contributed by atoms with Gasteiger partial charge in [-0.2, -0.15) is 5.26 Å². The molecule has 1 N–H and O–H groups in total. The Bertz CT molecular complexity index is 1120. The van der Waals surface area contributed by atoms with E-state index in [0.29, 0.717) is 17.8 Å². The molecule has 0 unspecified atom stereocenters. The molecule has 0 aromatic carbocycles. The summed E-state index contributed by atoms with van der Waals surface area (Å²) in [6.07, 6.45) is 4.85. The van der Waals surface area contributed by atoms with Crippen molar-refractivity contribution in [3.63, 3.8) is 0 Å². The van der Waals surface area contributed by atoms with Crippen LogP contribution >= 0.6 is 22.9 Å². The van der Waals surface area contributed by atoms with Crippen LogP contribution in [0.1, 0.15) is 20.9 Å². The predicted octanol–water partition coefficient (Wildman–Crippen LogP) is 4.11. The van der Waals surface area contributed by atoms with E-state index >= 15 is 0 Å². The Kier molecular flexibility index (Phi) is 4.21. The molecule has 0 spiro atoms. The third kappa shape index (κ3) is 2.86. The Hall–Kier alpha value is -3.08. The van der Waals surface area contributed by atoms with Gasteiger partial charge in [0.2, 0.25) is 0 Å². The van der Waals surface area contributed by atoms with Gasteiger partial charge in [0.05, 0.1) is 24.6 Å². The van der Waals surface area contributed by atoms with Crippen LogP contribution in [0.25, 0.3) is 16.8 Å². The molecule has 4 aromatic heterocycles. The number of aromatic nitrogens is 2. The van der Waals surface area contributed by atoms with Gasteiger partial charge in [-0.25, -0.2) is 4.98 Å². The van der Waals surface area contributed by atoms with Crippen LogP contribution in [-0.2, 0) is 6.54 Å². The van der Waals surface area contributed by atoms with E-state index in [1.807, 2.05) is 17.5 Å². The van der Waals surface area contributed by atoms with Gasteiger partial charge in [0.1, 0.15) is 11.2 Å². The van der Waals surface area contributed by atoms with Crippen molar-refractivity contribution in [1.29, 1.82) is 5.26 Å². The number of hydrogen-bond acceptors (Lipinski definition) is 5. The number of hydrogen-bond donors (Lipinski definition) is 1. The van der Waals surface area contributed by atoms with Crippen molar-refractivity contribution in [2.75, 3.05) is 0 Å². The van der Waals surface area contributed by atoms with Crippen molar-refractivity contribution in [2.45, 2.75) is 6.54 Å². The van der Waals surface area contributed by atoms with Crippen LogP contribution in [0.15, 0.2) is 52.8 Å². The molecule has 8 heteroatoms. The maximum atomic E-state index is 12.5. The van der Waals surface area contributed by atoms with Gasteiger partial charge < -0.3 is 9.73 Å². The van der Waals surface area contributed by atoms with Crippen LogP contribution in [0.5, 0.6) is 0 Å². The lowest BCUT2D eigenvalue weighted by Gasteiger charge is -2.03. The van der Waals surface area contributed by atoms with Crippen molar-refractivity contribution in [3.05, 3.63) is 69.7 Å². The summed E-state index contributed by atoms with van der Waals surface area (Å²) >= 11 is 7.93.